The van der Waals surface area contributed by atoms with Gasteiger partial charge >= 0.3 is 0 Å². The van der Waals surface area contributed by atoms with Gasteiger partial charge in [0, 0.05) is 32.4 Å². The molecule has 1 aliphatic rings. The SMILES string of the molecule is CCOc1ccc(CCC2CCN(C(=O)CCCc3nc(CC)no3)CC2)cc1. The predicted molar refractivity (Wildman–Crippen MR) is 112 cm³/mol. The number of hydrogen-bond donors (Lipinski definition) is 0. The number of benzene rings is 1. The number of piperidine rings is 1. The maximum Gasteiger partial charge on any atom is 0.226 e. The van der Waals surface area contributed by atoms with Crippen LogP contribution in [0, 0.1) is 5.92 Å². The van der Waals surface area contributed by atoms with Crippen LogP contribution in [-0.2, 0) is 24.1 Å². The van der Waals surface area contributed by atoms with E-state index < -0.39 is 0 Å². The van der Waals surface area contributed by atoms with Crippen LogP contribution in [-0.4, -0.2) is 40.6 Å². The number of aryl methyl sites for hydroxylation is 3. The number of carbonyl (C=O) groups excluding carboxylic acids is 1. The summed E-state index contributed by atoms with van der Waals surface area (Å²) in [5.41, 5.74) is 1.36. The van der Waals surface area contributed by atoms with Gasteiger partial charge in [-0.3, -0.25) is 4.79 Å². The highest BCUT2D eigenvalue weighted by Crippen LogP contribution is 2.24. The highest BCUT2D eigenvalue weighted by molar-refractivity contribution is 5.76. The number of aromatic nitrogens is 2. The van der Waals surface area contributed by atoms with Gasteiger partial charge in [-0.1, -0.05) is 24.2 Å². The lowest BCUT2D eigenvalue weighted by molar-refractivity contribution is -0.132. The zero-order valence-electron chi connectivity index (χ0n) is 17.7. The van der Waals surface area contributed by atoms with Crippen LogP contribution in [0.25, 0.3) is 0 Å². The second-order valence-corrected chi connectivity index (χ2v) is 7.75. The van der Waals surface area contributed by atoms with Crippen molar-refractivity contribution in [3.8, 4) is 5.75 Å². The van der Waals surface area contributed by atoms with Crippen LogP contribution in [0.1, 0.15) is 63.2 Å². The van der Waals surface area contributed by atoms with E-state index >= 15 is 0 Å². The molecule has 0 unspecified atom stereocenters. The summed E-state index contributed by atoms with van der Waals surface area (Å²) in [7, 11) is 0. The summed E-state index contributed by atoms with van der Waals surface area (Å²) in [6.07, 6.45) is 7.26. The van der Waals surface area contributed by atoms with Crippen LogP contribution < -0.4 is 4.74 Å². The summed E-state index contributed by atoms with van der Waals surface area (Å²) in [4.78, 5) is 18.8. The molecule has 3 rings (SSSR count). The molecule has 1 amide bonds. The topological polar surface area (TPSA) is 68.5 Å². The molecule has 0 bridgehead atoms. The van der Waals surface area contributed by atoms with Crippen LogP contribution >= 0.6 is 0 Å². The highest BCUT2D eigenvalue weighted by Gasteiger charge is 2.22. The summed E-state index contributed by atoms with van der Waals surface area (Å²) in [6, 6.07) is 8.43. The Bertz CT molecular complexity index is 749. The smallest absolute Gasteiger partial charge is 0.226 e. The van der Waals surface area contributed by atoms with Crippen molar-refractivity contribution < 1.29 is 14.1 Å². The molecule has 1 fully saturated rings. The van der Waals surface area contributed by atoms with Crippen molar-refractivity contribution in [1.29, 1.82) is 0 Å². The first-order chi connectivity index (χ1) is 14.2. The highest BCUT2D eigenvalue weighted by atomic mass is 16.5. The van der Waals surface area contributed by atoms with Crippen molar-refractivity contribution in [1.82, 2.24) is 15.0 Å². The van der Waals surface area contributed by atoms with E-state index in [1.165, 1.54) is 12.0 Å². The quantitative estimate of drug-likeness (QED) is 0.598. The lowest BCUT2D eigenvalue weighted by Crippen LogP contribution is -2.38. The van der Waals surface area contributed by atoms with Crippen molar-refractivity contribution in [3.05, 3.63) is 41.5 Å². The molecule has 0 aliphatic carbocycles. The van der Waals surface area contributed by atoms with Gasteiger partial charge in [-0.15, -0.1) is 0 Å². The first-order valence-electron chi connectivity index (χ1n) is 11.0. The maximum absolute atomic E-state index is 12.5. The second-order valence-electron chi connectivity index (χ2n) is 7.75. The molecule has 29 heavy (non-hydrogen) atoms. The van der Waals surface area contributed by atoms with E-state index in [4.69, 9.17) is 9.26 Å². The fraction of sp³-hybridized carbons (Fsp3) is 0.609. The van der Waals surface area contributed by atoms with Gasteiger partial charge in [-0.25, -0.2) is 0 Å². The Morgan fingerprint density at radius 2 is 1.93 bits per heavy atom. The number of likely N-dealkylation sites (tertiary alicyclic amines) is 1. The number of carbonyl (C=O) groups is 1. The third-order valence-electron chi connectivity index (χ3n) is 5.65. The Kier molecular flexibility index (Phi) is 8.08. The van der Waals surface area contributed by atoms with Crippen molar-refractivity contribution in [3.63, 3.8) is 0 Å². The first-order valence-corrected chi connectivity index (χ1v) is 11.0. The Hall–Kier alpha value is -2.37. The molecule has 1 saturated heterocycles. The van der Waals surface area contributed by atoms with E-state index in [1.807, 2.05) is 18.7 Å². The average Bonchev–Trinajstić information content (AvgIpc) is 3.22. The number of ether oxygens (including phenoxy) is 1. The minimum Gasteiger partial charge on any atom is -0.494 e. The van der Waals surface area contributed by atoms with Crippen LogP contribution in [0.15, 0.2) is 28.8 Å². The Labute approximate surface area is 173 Å². The Morgan fingerprint density at radius 3 is 2.59 bits per heavy atom. The molecule has 6 heteroatoms. The summed E-state index contributed by atoms with van der Waals surface area (Å²) >= 11 is 0. The lowest BCUT2D eigenvalue weighted by Gasteiger charge is -2.32. The molecule has 2 aromatic rings. The van der Waals surface area contributed by atoms with Gasteiger partial charge in [0.25, 0.3) is 0 Å². The van der Waals surface area contributed by atoms with E-state index in [2.05, 4.69) is 34.4 Å². The Morgan fingerprint density at radius 1 is 1.17 bits per heavy atom. The van der Waals surface area contributed by atoms with E-state index in [-0.39, 0.29) is 5.91 Å². The van der Waals surface area contributed by atoms with E-state index in [9.17, 15) is 4.79 Å². The third kappa shape index (κ3) is 6.58. The summed E-state index contributed by atoms with van der Waals surface area (Å²) in [5.74, 6) is 3.27. The van der Waals surface area contributed by atoms with E-state index in [0.717, 1.165) is 56.8 Å². The van der Waals surface area contributed by atoms with Crippen molar-refractivity contribution >= 4 is 5.91 Å². The van der Waals surface area contributed by atoms with Gasteiger partial charge in [0.15, 0.2) is 5.82 Å². The van der Waals surface area contributed by atoms with Crippen LogP contribution in [0.4, 0.5) is 0 Å². The normalized spacial score (nSPS) is 14.9. The largest absolute Gasteiger partial charge is 0.494 e. The standard InChI is InChI=1S/C23H33N3O3/c1-3-21-24-22(29-25-21)6-5-7-23(27)26-16-14-19(15-17-26)9-8-18-10-12-20(13-11-18)28-4-2/h10-13,19H,3-9,14-17H2,1-2H3. The molecule has 1 aromatic carbocycles. The van der Waals surface area contributed by atoms with Gasteiger partial charge < -0.3 is 14.2 Å². The molecule has 158 valence electrons. The molecule has 0 spiro atoms. The molecule has 1 aliphatic heterocycles. The summed E-state index contributed by atoms with van der Waals surface area (Å²) in [5, 5.41) is 3.89. The molecule has 6 nitrogen and oxygen atoms in total. The average molecular weight is 400 g/mol. The lowest BCUT2D eigenvalue weighted by atomic mass is 9.90. The van der Waals surface area contributed by atoms with Gasteiger partial charge in [0.2, 0.25) is 11.8 Å². The third-order valence-corrected chi connectivity index (χ3v) is 5.65. The van der Waals surface area contributed by atoms with Crippen molar-refractivity contribution in [2.24, 2.45) is 5.92 Å². The Balaban J connectivity index is 1.32. The van der Waals surface area contributed by atoms with Crippen LogP contribution in [0.2, 0.25) is 0 Å². The minimum atomic E-state index is 0.255. The fourth-order valence-electron chi connectivity index (χ4n) is 3.85. The van der Waals surface area contributed by atoms with Gasteiger partial charge in [0.1, 0.15) is 5.75 Å². The molecular formula is C23H33N3O3. The summed E-state index contributed by atoms with van der Waals surface area (Å²) in [6.45, 7) is 6.47. The molecular weight excluding hydrogens is 366 g/mol. The molecule has 2 heterocycles. The van der Waals surface area contributed by atoms with Gasteiger partial charge in [0.05, 0.1) is 6.61 Å². The first kappa shape index (κ1) is 21.3. The van der Waals surface area contributed by atoms with Gasteiger partial charge in [-0.2, -0.15) is 4.98 Å². The van der Waals surface area contributed by atoms with E-state index in [0.29, 0.717) is 31.3 Å². The zero-order chi connectivity index (χ0) is 20.5. The molecule has 0 saturated carbocycles. The molecule has 0 radical (unpaired) electrons. The number of nitrogens with zero attached hydrogens (tertiary/aromatic N) is 3. The second kappa shape index (κ2) is 11.0. The van der Waals surface area contributed by atoms with Crippen molar-refractivity contribution in [2.75, 3.05) is 19.7 Å². The summed E-state index contributed by atoms with van der Waals surface area (Å²) < 4.78 is 10.7. The van der Waals surface area contributed by atoms with Crippen molar-refractivity contribution in [2.45, 2.75) is 65.2 Å². The fourth-order valence-corrected chi connectivity index (χ4v) is 3.85. The predicted octanol–water partition coefficient (Wildman–Crippen LogP) is 4.22. The molecule has 1 aromatic heterocycles. The van der Waals surface area contributed by atoms with Crippen LogP contribution in [0.5, 0.6) is 5.75 Å². The maximum atomic E-state index is 12.5. The zero-order valence-corrected chi connectivity index (χ0v) is 17.7. The van der Waals surface area contributed by atoms with Crippen LogP contribution in [0.3, 0.4) is 0 Å². The minimum absolute atomic E-state index is 0.255. The number of amides is 1. The number of rotatable bonds is 10. The molecule has 0 atom stereocenters. The monoisotopic (exact) mass is 399 g/mol. The molecule has 0 N–H and O–H groups in total. The van der Waals surface area contributed by atoms with Gasteiger partial charge in [-0.05, 0) is 62.6 Å². The van der Waals surface area contributed by atoms with E-state index in [1.54, 1.807) is 0 Å². The number of hydrogen-bond acceptors (Lipinski definition) is 5.